The zero-order valence-electron chi connectivity index (χ0n) is 11.3. The molecule has 0 N–H and O–H groups in total. The summed E-state index contributed by atoms with van der Waals surface area (Å²) in [6.07, 6.45) is 0. The van der Waals surface area contributed by atoms with E-state index < -0.39 is 5.92 Å². The van der Waals surface area contributed by atoms with Crippen molar-refractivity contribution in [2.24, 2.45) is 0 Å². The van der Waals surface area contributed by atoms with Gasteiger partial charge in [-0.2, -0.15) is 0 Å². The van der Waals surface area contributed by atoms with Crippen molar-refractivity contribution in [3.05, 3.63) is 58.6 Å². The van der Waals surface area contributed by atoms with Crippen LogP contribution in [0.2, 0.25) is 5.02 Å². The lowest BCUT2D eigenvalue weighted by molar-refractivity contribution is -0.141. The van der Waals surface area contributed by atoms with E-state index in [0.29, 0.717) is 5.02 Å². The molecule has 0 saturated heterocycles. The standard InChI is InChI=1S/C16H14ClNO2/c1-18-13-6-4-3-5-11(13)15(16(19)20-2)12-8-7-10(17)9-14(12)18/h3-9,15H,1-2H3. The second-order valence-electron chi connectivity index (χ2n) is 4.78. The summed E-state index contributed by atoms with van der Waals surface area (Å²) < 4.78 is 4.98. The first kappa shape index (κ1) is 13.0. The van der Waals surface area contributed by atoms with Crippen LogP contribution >= 0.6 is 11.6 Å². The van der Waals surface area contributed by atoms with Crippen molar-refractivity contribution in [3.63, 3.8) is 0 Å². The maximum Gasteiger partial charge on any atom is 0.317 e. The fourth-order valence-electron chi connectivity index (χ4n) is 2.76. The quantitative estimate of drug-likeness (QED) is 0.749. The number of carbonyl (C=O) groups is 1. The highest BCUT2D eigenvalue weighted by Crippen LogP contribution is 2.45. The lowest BCUT2D eigenvalue weighted by atomic mass is 9.85. The summed E-state index contributed by atoms with van der Waals surface area (Å²) in [5.41, 5.74) is 3.81. The van der Waals surface area contributed by atoms with E-state index in [1.54, 1.807) is 6.07 Å². The number of esters is 1. The van der Waals surface area contributed by atoms with Crippen LogP contribution in [-0.4, -0.2) is 20.1 Å². The number of para-hydroxylation sites is 1. The number of hydrogen-bond acceptors (Lipinski definition) is 3. The minimum Gasteiger partial charge on any atom is -0.468 e. The minimum atomic E-state index is -0.403. The molecule has 0 fully saturated rings. The summed E-state index contributed by atoms with van der Waals surface area (Å²) in [5.74, 6) is -0.659. The Labute approximate surface area is 122 Å². The van der Waals surface area contributed by atoms with Crippen molar-refractivity contribution in [2.45, 2.75) is 5.92 Å². The summed E-state index contributed by atoms with van der Waals surface area (Å²) in [5, 5.41) is 0.651. The van der Waals surface area contributed by atoms with Gasteiger partial charge in [-0.3, -0.25) is 4.79 Å². The Hall–Kier alpha value is -2.00. The Morgan fingerprint density at radius 2 is 1.85 bits per heavy atom. The summed E-state index contributed by atoms with van der Waals surface area (Å²) in [7, 11) is 3.39. The minimum absolute atomic E-state index is 0.255. The van der Waals surface area contributed by atoms with Crippen LogP contribution in [0.25, 0.3) is 0 Å². The molecule has 3 rings (SSSR count). The van der Waals surface area contributed by atoms with Gasteiger partial charge in [0, 0.05) is 23.4 Å². The predicted molar refractivity (Wildman–Crippen MR) is 79.8 cm³/mol. The van der Waals surface area contributed by atoms with Gasteiger partial charge in [-0.1, -0.05) is 35.9 Å². The maximum absolute atomic E-state index is 12.2. The molecule has 4 heteroatoms. The van der Waals surface area contributed by atoms with Gasteiger partial charge in [0.25, 0.3) is 0 Å². The summed E-state index contributed by atoms with van der Waals surface area (Å²) in [6.45, 7) is 0. The molecule has 0 radical (unpaired) electrons. The van der Waals surface area contributed by atoms with Gasteiger partial charge in [-0.25, -0.2) is 0 Å². The Balaban J connectivity index is 2.27. The number of carbonyl (C=O) groups excluding carboxylic acids is 1. The molecular weight excluding hydrogens is 274 g/mol. The van der Waals surface area contributed by atoms with Gasteiger partial charge in [0.05, 0.1) is 7.11 Å². The number of hydrogen-bond donors (Lipinski definition) is 0. The Morgan fingerprint density at radius 3 is 2.60 bits per heavy atom. The SMILES string of the molecule is COC(=O)C1c2ccccc2N(C)c2cc(Cl)ccc21. The van der Waals surface area contributed by atoms with Gasteiger partial charge < -0.3 is 9.64 Å². The van der Waals surface area contributed by atoms with Crippen molar-refractivity contribution in [1.29, 1.82) is 0 Å². The molecular formula is C16H14ClNO2. The smallest absolute Gasteiger partial charge is 0.317 e. The van der Waals surface area contributed by atoms with Crippen LogP contribution in [0.4, 0.5) is 11.4 Å². The van der Waals surface area contributed by atoms with Crippen LogP contribution in [0, 0.1) is 0 Å². The molecule has 20 heavy (non-hydrogen) atoms. The molecule has 1 atom stereocenters. The van der Waals surface area contributed by atoms with Gasteiger partial charge >= 0.3 is 5.97 Å². The average Bonchev–Trinajstić information content (AvgIpc) is 2.48. The van der Waals surface area contributed by atoms with Crippen LogP contribution < -0.4 is 4.90 Å². The van der Waals surface area contributed by atoms with Gasteiger partial charge in [0.15, 0.2) is 0 Å². The number of nitrogens with zero attached hydrogens (tertiary/aromatic N) is 1. The highest BCUT2D eigenvalue weighted by atomic mass is 35.5. The number of benzene rings is 2. The third-order valence-corrected chi connectivity index (χ3v) is 3.95. The first-order valence-electron chi connectivity index (χ1n) is 6.33. The third-order valence-electron chi connectivity index (χ3n) is 3.71. The molecule has 0 saturated carbocycles. The molecule has 1 heterocycles. The van der Waals surface area contributed by atoms with E-state index >= 15 is 0 Å². The molecule has 2 aromatic carbocycles. The largest absolute Gasteiger partial charge is 0.468 e. The maximum atomic E-state index is 12.2. The number of methoxy groups -OCH3 is 1. The molecule has 0 aromatic heterocycles. The predicted octanol–water partition coefficient (Wildman–Crippen LogP) is 3.73. The summed E-state index contributed by atoms with van der Waals surface area (Å²) in [6, 6.07) is 13.4. The molecule has 3 nitrogen and oxygen atoms in total. The van der Waals surface area contributed by atoms with E-state index in [0.717, 1.165) is 22.5 Å². The summed E-state index contributed by atoms with van der Waals surface area (Å²) >= 11 is 6.09. The normalized spacial score (nSPS) is 16.4. The first-order chi connectivity index (χ1) is 9.63. The van der Waals surface area contributed by atoms with Crippen LogP contribution in [-0.2, 0) is 9.53 Å². The molecule has 0 spiro atoms. The van der Waals surface area contributed by atoms with Crippen LogP contribution in [0.5, 0.6) is 0 Å². The molecule has 2 aromatic rings. The first-order valence-corrected chi connectivity index (χ1v) is 6.71. The van der Waals surface area contributed by atoms with Crippen molar-refractivity contribution in [3.8, 4) is 0 Å². The third kappa shape index (κ3) is 1.86. The van der Waals surface area contributed by atoms with E-state index in [2.05, 4.69) is 4.90 Å². The highest BCUT2D eigenvalue weighted by molar-refractivity contribution is 6.31. The fourth-order valence-corrected chi connectivity index (χ4v) is 2.92. The molecule has 1 aliphatic heterocycles. The Morgan fingerprint density at radius 1 is 1.15 bits per heavy atom. The van der Waals surface area contributed by atoms with E-state index in [4.69, 9.17) is 16.3 Å². The van der Waals surface area contributed by atoms with E-state index in [9.17, 15) is 4.79 Å². The number of halogens is 1. The number of rotatable bonds is 1. The second-order valence-corrected chi connectivity index (χ2v) is 5.21. The fraction of sp³-hybridized carbons (Fsp3) is 0.188. The van der Waals surface area contributed by atoms with Crippen molar-refractivity contribution in [2.75, 3.05) is 19.1 Å². The van der Waals surface area contributed by atoms with Crippen LogP contribution in [0.1, 0.15) is 17.0 Å². The van der Waals surface area contributed by atoms with Crippen LogP contribution in [0.15, 0.2) is 42.5 Å². The van der Waals surface area contributed by atoms with E-state index in [1.807, 2.05) is 43.4 Å². The topological polar surface area (TPSA) is 29.5 Å². The number of fused-ring (bicyclic) bond motifs is 2. The highest BCUT2D eigenvalue weighted by Gasteiger charge is 2.34. The van der Waals surface area contributed by atoms with E-state index in [1.165, 1.54) is 7.11 Å². The van der Waals surface area contributed by atoms with Gasteiger partial charge in [-0.15, -0.1) is 0 Å². The molecule has 1 unspecified atom stereocenters. The van der Waals surface area contributed by atoms with Crippen molar-refractivity contribution in [1.82, 2.24) is 0 Å². The van der Waals surface area contributed by atoms with E-state index in [-0.39, 0.29) is 5.97 Å². The molecule has 1 aliphatic rings. The zero-order chi connectivity index (χ0) is 14.3. The number of ether oxygens (including phenoxy) is 1. The lowest BCUT2D eigenvalue weighted by Gasteiger charge is -2.34. The zero-order valence-corrected chi connectivity index (χ0v) is 12.0. The van der Waals surface area contributed by atoms with Crippen LogP contribution in [0.3, 0.4) is 0 Å². The number of anilines is 2. The molecule has 102 valence electrons. The average molecular weight is 288 g/mol. The Kier molecular flexibility index (Phi) is 3.14. The van der Waals surface area contributed by atoms with Crippen molar-refractivity contribution < 1.29 is 9.53 Å². The molecule has 0 amide bonds. The molecule has 0 aliphatic carbocycles. The lowest BCUT2D eigenvalue weighted by Crippen LogP contribution is -2.26. The monoisotopic (exact) mass is 287 g/mol. The summed E-state index contributed by atoms with van der Waals surface area (Å²) in [4.78, 5) is 14.3. The van der Waals surface area contributed by atoms with Gasteiger partial charge in [0.2, 0.25) is 0 Å². The van der Waals surface area contributed by atoms with Gasteiger partial charge in [-0.05, 0) is 29.3 Å². The Bertz CT molecular complexity index is 684. The van der Waals surface area contributed by atoms with Crippen molar-refractivity contribution >= 4 is 28.9 Å². The molecule has 0 bridgehead atoms. The second kappa shape index (κ2) is 4.84. The van der Waals surface area contributed by atoms with Gasteiger partial charge in [0.1, 0.15) is 5.92 Å².